The van der Waals surface area contributed by atoms with E-state index in [4.69, 9.17) is 0 Å². The van der Waals surface area contributed by atoms with Gasteiger partial charge in [0, 0.05) is 37.3 Å². The summed E-state index contributed by atoms with van der Waals surface area (Å²) in [4.78, 5) is 30.0. The Morgan fingerprint density at radius 3 is 2.31 bits per heavy atom. The molecular weight excluding hydrogens is 438 g/mol. The fourth-order valence-electron chi connectivity index (χ4n) is 4.75. The van der Waals surface area contributed by atoms with E-state index in [-0.39, 0.29) is 24.5 Å². The van der Waals surface area contributed by atoms with Gasteiger partial charge in [-0.2, -0.15) is 0 Å². The zero-order valence-corrected chi connectivity index (χ0v) is 21.5. The second-order valence-corrected chi connectivity index (χ2v) is 9.89. The van der Waals surface area contributed by atoms with Gasteiger partial charge < -0.3 is 15.3 Å². The maximum atomic E-state index is 13.2. The van der Waals surface area contributed by atoms with Crippen molar-refractivity contribution in [3.63, 3.8) is 0 Å². The lowest BCUT2D eigenvalue weighted by Crippen LogP contribution is -2.39. The Balaban J connectivity index is 1.88. The average molecular weight is 480 g/mol. The molecule has 6 nitrogen and oxygen atoms in total. The molecule has 1 atom stereocenters. The number of aliphatic hydroxyl groups is 1. The number of carbonyl (C=O) groups excluding carboxylic acids is 2. The van der Waals surface area contributed by atoms with Crippen molar-refractivity contribution in [2.24, 2.45) is 0 Å². The zero-order valence-electron chi connectivity index (χ0n) is 21.5. The zero-order chi connectivity index (χ0) is 25.2. The van der Waals surface area contributed by atoms with E-state index < -0.39 is 0 Å². The molecule has 3 rings (SSSR count). The number of aliphatic hydroxyl groups excluding tert-OH is 1. The monoisotopic (exact) mass is 479 g/mol. The summed E-state index contributed by atoms with van der Waals surface area (Å²) in [5, 5.41) is 12.9. The number of nitrogens with one attached hydrogen (secondary N) is 1. The maximum absolute atomic E-state index is 13.2. The maximum Gasteiger partial charge on any atom is 0.251 e. The molecule has 1 aliphatic heterocycles. The minimum absolute atomic E-state index is 0.0276. The Hall–Kier alpha value is -2.70. The van der Waals surface area contributed by atoms with Crippen molar-refractivity contribution >= 4 is 17.5 Å². The lowest BCUT2D eigenvalue weighted by atomic mass is 10.0. The van der Waals surface area contributed by atoms with Gasteiger partial charge in [0.25, 0.3) is 5.91 Å². The van der Waals surface area contributed by atoms with Crippen LogP contribution in [0.15, 0.2) is 48.5 Å². The van der Waals surface area contributed by atoms with Crippen LogP contribution in [-0.2, 0) is 17.8 Å². The first-order chi connectivity index (χ1) is 16.9. The molecular formula is C29H41N3O3. The predicted molar refractivity (Wildman–Crippen MR) is 142 cm³/mol. The first-order valence-corrected chi connectivity index (χ1v) is 13.0. The highest BCUT2D eigenvalue weighted by Gasteiger charge is 2.22. The molecule has 0 saturated heterocycles. The normalized spacial score (nSPS) is 16.7. The molecule has 2 N–H and O–H groups in total. The second kappa shape index (κ2) is 13.4. The third-order valence-corrected chi connectivity index (χ3v) is 6.82. The van der Waals surface area contributed by atoms with Crippen molar-refractivity contribution in [2.75, 3.05) is 24.6 Å². The molecule has 2 aromatic rings. The molecule has 0 aliphatic carbocycles. The van der Waals surface area contributed by atoms with E-state index in [1.54, 1.807) is 13.0 Å². The van der Waals surface area contributed by atoms with Gasteiger partial charge in [0.2, 0.25) is 5.91 Å². The van der Waals surface area contributed by atoms with Crippen molar-refractivity contribution < 1.29 is 14.7 Å². The molecule has 35 heavy (non-hydrogen) atoms. The van der Waals surface area contributed by atoms with Gasteiger partial charge in [-0.3, -0.25) is 14.5 Å². The quantitative estimate of drug-likeness (QED) is 0.638. The Morgan fingerprint density at radius 2 is 1.66 bits per heavy atom. The summed E-state index contributed by atoms with van der Waals surface area (Å²) in [5.74, 6) is -0.181. The van der Waals surface area contributed by atoms with Crippen LogP contribution in [0, 0.1) is 0 Å². The van der Waals surface area contributed by atoms with Crippen molar-refractivity contribution in [1.82, 2.24) is 10.2 Å². The predicted octanol–water partition coefficient (Wildman–Crippen LogP) is 4.55. The van der Waals surface area contributed by atoms with Crippen LogP contribution in [0.1, 0.15) is 74.4 Å². The molecule has 2 amide bonds. The molecule has 0 saturated carbocycles. The standard InChI is InChI=1S/C29H41N3O3/c1-22(2)31-16-10-5-4-6-11-17-32(23(3)34)28-15-14-25(19-26(28)20-31)29(35)30-27(21-33)18-24-12-8-7-9-13-24/h7-9,12-15,19,22,27,33H,4-6,10-11,16-18,20-21H2,1-3H3,(H,30,35)/t27-/m0/s1. The van der Waals surface area contributed by atoms with E-state index in [2.05, 4.69) is 24.1 Å². The number of benzene rings is 2. The van der Waals surface area contributed by atoms with Crippen molar-refractivity contribution in [3.8, 4) is 0 Å². The van der Waals surface area contributed by atoms with Crippen LogP contribution >= 0.6 is 0 Å². The van der Waals surface area contributed by atoms with Gasteiger partial charge in [0.15, 0.2) is 0 Å². The third kappa shape index (κ3) is 7.91. The number of amides is 2. The van der Waals surface area contributed by atoms with Gasteiger partial charge in [0.05, 0.1) is 12.6 Å². The Kier molecular flexibility index (Phi) is 10.3. The summed E-state index contributed by atoms with van der Waals surface area (Å²) in [7, 11) is 0. The average Bonchev–Trinajstić information content (AvgIpc) is 2.84. The van der Waals surface area contributed by atoms with Crippen LogP contribution < -0.4 is 10.2 Å². The first-order valence-electron chi connectivity index (χ1n) is 13.0. The Labute approximate surface area is 210 Å². The van der Waals surface area contributed by atoms with Crippen molar-refractivity contribution in [3.05, 3.63) is 65.2 Å². The first kappa shape index (κ1) is 26.9. The van der Waals surface area contributed by atoms with E-state index in [1.807, 2.05) is 47.4 Å². The molecule has 190 valence electrons. The molecule has 1 heterocycles. The van der Waals surface area contributed by atoms with Gasteiger partial charge in [-0.15, -0.1) is 0 Å². The fraction of sp³-hybridized carbons (Fsp3) is 0.517. The summed E-state index contributed by atoms with van der Waals surface area (Å²) in [6.07, 6.45) is 6.20. The highest BCUT2D eigenvalue weighted by atomic mass is 16.3. The van der Waals surface area contributed by atoms with Crippen LogP contribution in [0.2, 0.25) is 0 Å². The van der Waals surface area contributed by atoms with E-state index in [1.165, 1.54) is 12.8 Å². The van der Waals surface area contributed by atoms with Crippen LogP contribution in [0.5, 0.6) is 0 Å². The summed E-state index contributed by atoms with van der Waals surface area (Å²) < 4.78 is 0. The van der Waals surface area contributed by atoms with E-state index in [0.29, 0.717) is 31.1 Å². The lowest BCUT2D eigenvalue weighted by Gasteiger charge is -2.31. The largest absolute Gasteiger partial charge is 0.394 e. The minimum atomic E-state index is -0.369. The number of nitrogens with zero attached hydrogens (tertiary/aromatic N) is 2. The van der Waals surface area contributed by atoms with E-state index >= 15 is 0 Å². The topological polar surface area (TPSA) is 72.9 Å². The number of rotatable bonds is 6. The number of fused-ring (bicyclic) bond motifs is 1. The molecule has 2 aromatic carbocycles. The van der Waals surface area contributed by atoms with Gasteiger partial charge >= 0.3 is 0 Å². The van der Waals surface area contributed by atoms with Crippen LogP contribution in [0.4, 0.5) is 5.69 Å². The highest BCUT2D eigenvalue weighted by Crippen LogP contribution is 2.27. The molecule has 6 heteroatoms. The van der Waals surface area contributed by atoms with Crippen molar-refractivity contribution in [2.45, 2.75) is 77.9 Å². The fourth-order valence-corrected chi connectivity index (χ4v) is 4.75. The summed E-state index contributed by atoms with van der Waals surface area (Å²) in [5.41, 5.74) is 3.50. The highest BCUT2D eigenvalue weighted by molar-refractivity contribution is 5.97. The molecule has 0 aromatic heterocycles. The second-order valence-electron chi connectivity index (χ2n) is 9.89. The Bertz CT molecular complexity index is 961. The van der Waals surface area contributed by atoms with Crippen LogP contribution in [0.25, 0.3) is 0 Å². The number of hydrogen-bond donors (Lipinski definition) is 2. The van der Waals surface area contributed by atoms with Gasteiger partial charge in [-0.05, 0) is 69.0 Å². The molecule has 0 radical (unpaired) electrons. The Morgan fingerprint density at radius 1 is 0.971 bits per heavy atom. The lowest BCUT2D eigenvalue weighted by molar-refractivity contribution is -0.116. The van der Waals surface area contributed by atoms with Crippen LogP contribution in [0.3, 0.4) is 0 Å². The molecule has 0 bridgehead atoms. The van der Waals surface area contributed by atoms with E-state index in [9.17, 15) is 14.7 Å². The molecule has 0 unspecified atom stereocenters. The van der Waals surface area contributed by atoms with E-state index in [0.717, 1.165) is 42.6 Å². The smallest absolute Gasteiger partial charge is 0.251 e. The molecule has 0 fully saturated rings. The van der Waals surface area contributed by atoms with Crippen LogP contribution in [-0.4, -0.2) is 53.6 Å². The summed E-state index contributed by atoms with van der Waals surface area (Å²) >= 11 is 0. The van der Waals surface area contributed by atoms with Gasteiger partial charge in [-0.1, -0.05) is 49.6 Å². The third-order valence-electron chi connectivity index (χ3n) is 6.82. The SMILES string of the molecule is CC(=O)N1CCCCCCCN(C(C)C)Cc2cc(C(=O)N[C@H](CO)Cc3ccccc3)ccc21. The summed E-state index contributed by atoms with van der Waals surface area (Å²) in [6.45, 7) is 8.25. The number of hydrogen-bond acceptors (Lipinski definition) is 4. The summed E-state index contributed by atoms with van der Waals surface area (Å²) in [6, 6.07) is 15.5. The van der Waals surface area contributed by atoms with Gasteiger partial charge in [-0.25, -0.2) is 0 Å². The minimum Gasteiger partial charge on any atom is -0.394 e. The van der Waals surface area contributed by atoms with Gasteiger partial charge in [0.1, 0.15) is 0 Å². The van der Waals surface area contributed by atoms with Crippen molar-refractivity contribution in [1.29, 1.82) is 0 Å². The molecule has 0 spiro atoms. The number of anilines is 1. The number of carbonyl (C=O) groups is 2. The molecule has 1 aliphatic rings.